The molecule has 2 saturated carbocycles. The van der Waals surface area contributed by atoms with Crippen molar-refractivity contribution in [3.63, 3.8) is 0 Å². The van der Waals surface area contributed by atoms with Gasteiger partial charge >= 0.3 is 0 Å². The Morgan fingerprint density at radius 1 is 1.00 bits per heavy atom. The van der Waals surface area contributed by atoms with E-state index in [0.717, 1.165) is 25.2 Å². The van der Waals surface area contributed by atoms with Gasteiger partial charge in [-0.2, -0.15) is 0 Å². The number of Topliss-reactive ketones (excluding diaryl/α,β-unsaturated/α-hetero) is 1. The van der Waals surface area contributed by atoms with Gasteiger partial charge in [-0.25, -0.2) is 0 Å². The predicted molar refractivity (Wildman–Crippen MR) is 65.7 cm³/mol. The molecular weight excluding hydrogens is 204 g/mol. The Morgan fingerprint density at radius 2 is 1.73 bits per heavy atom. The van der Waals surface area contributed by atoms with Crippen LogP contribution in [0.25, 0.3) is 0 Å². The summed E-state index contributed by atoms with van der Waals surface area (Å²) in [5, 5.41) is 0.306. The largest absolute Gasteiger partial charge is 0.298 e. The van der Waals surface area contributed by atoms with E-state index in [9.17, 15) is 4.79 Å². The molecule has 0 aliphatic heterocycles. The number of hydrogen-bond donors (Lipinski definition) is 0. The Morgan fingerprint density at radius 3 is 2.47 bits per heavy atom. The van der Waals surface area contributed by atoms with Gasteiger partial charge in [-0.15, -0.1) is 0 Å². The van der Waals surface area contributed by atoms with Crippen LogP contribution in [0.4, 0.5) is 0 Å². The monoisotopic (exact) mass is 225 g/mol. The van der Waals surface area contributed by atoms with Crippen LogP contribution in [0.15, 0.2) is 0 Å². The molecule has 0 radical (unpaired) electrons. The lowest BCUT2D eigenvalue weighted by Gasteiger charge is -2.18. The first-order valence-electron chi connectivity index (χ1n) is 6.38. The minimum absolute atomic E-state index is 0.306. The van der Waals surface area contributed by atoms with Gasteiger partial charge in [0.1, 0.15) is 22.7 Å². The average molecular weight is 225 g/mol. The Balaban J connectivity index is 1.69. The molecule has 1 atom stereocenters. The molecular formula is C13H21OS+. The maximum atomic E-state index is 11.6. The molecule has 0 spiro atoms. The van der Waals surface area contributed by atoms with E-state index in [1.165, 1.54) is 38.5 Å². The predicted octanol–water partition coefficient (Wildman–Crippen LogP) is 3.97. The third-order valence-electron chi connectivity index (χ3n) is 3.58. The minimum Gasteiger partial charge on any atom is -0.298 e. The van der Waals surface area contributed by atoms with Crippen LogP contribution < -0.4 is 0 Å². The summed E-state index contributed by atoms with van der Waals surface area (Å²) < 4.78 is 0. The van der Waals surface area contributed by atoms with Gasteiger partial charge in [0, 0.05) is 6.42 Å². The van der Waals surface area contributed by atoms with Crippen molar-refractivity contribution in [2.45, 2.75) is 63.0 Å². The van der Waals surface area contributed by atoms with Crippen molar-refractivity contribution in [3.8, 4) is 0 Å². The van der Waals surface area contributed by atoms with Gasteiger partial charge in [0.05, 0.1) is 11.8 Å². The molecule has 2 aliphatic rings. The summed E-state index contributed by atoms with van der Waals surface area (Å²) in [6.45, 7) is 0. The van der Waals surface area contributed by atoms with Gasteiger partial charge < -0.3 is 0 Å². The van der Waals surface area contributed by atoms with Crippen molar-refractivity contribution in [1.29, 1.82) is 0 Å². The van der Waals surface area contributed by atoms with Crippen molar-refractivity contribution in [2.75, 3.05) is 0 Å². The van der Waals surface area contributed by atoms with Crippen LogP contribution in [0.5, 0.6) is 0 Å². The number of rotatable bonds is 3. The molecule has 0 saturated heterocycles. The highest BCUT2D eigenvalue weighted by atomic mass is 32.2. The van der Waals surface area contributed by atoms with E-state index in [2.05, 4.69) is 5.75 Å². The fraction of sp³-hybridized carbons (Fsp3) is 0.846. The summed E-state index contributed by atoms with van der Waals surface area (Å²) in [6, 6.07) is 0. The molecule has 0 aromatic rings. The summed E-state index contributed by atoms with van der Waals surface area (Å²) in [5.74, 6) is 3.67. The van der Waals surface area contributed by atoms with Gasteiger partial charge in [0.15, 0.2) is 0 Å². The maximum absolute atomic E-state index is 11.6. The molecule has 0 heterocycles. The molecule has 2 rings (SSSR count). The molecule has 84 valence electrons. The first-order valence-corrected chi connectivity index (χ1v) is 7.32. The van der Waals surface area contributed by atoms with Crippen LogP contribution in [-0.4, -0.2) is 11.0 Å². The second-order valence-electron chi connectivity index (χ2n) is 4.87. The lowest BCUT2D eigenvalue weighted by atomic mass is 9.91. The van der Waals surface area contributed by atoms with Crippen molar-refractivity contribution in [1.82, 2.24) is 0 Å². The molecule has 15 heavy (non-hydrogen) atoms. The lowest BCUT2D eigenvalue weighted by Crippen LogP contribution is -2.22. The van der Waals surface area contributed by atoms with E-state index in [4.69, 9.17) is 0 Å². The first-order chi connectivity index (χ1) is 7.36. The maximum Gasteiger partial charge on any atom is 0.150 e. The molecule has 1 unspecified atom stereocenters. The second kappa shape index (κ2) is 5.83. The SMILES string of the molecule is O=C1CCCCC1S[CH+]C1CCCCC1. The van der Waals surface area contributed by atoms with Crippen molar-refractivity contribution in [3.05, 3.63) is 5.75 Å². The molecule has 2 fully saturated rings. The number of hydrogen-bond acceptors (Lipinski definition) is 2. The first kappa shape index (κ1) is 11.4. The van der Waals surface area contributed by atoms with Crippen LogP contribution in [0.1, 0.15) is 57.8 Å². The fourth-order valence-corrected chi connectivity index (χ4v) is 3.83. The normalized spacial score (nSPS) is 29.1. The van der Waals surface area contributed by atoms with Crippen molar-refractivity contribution < 1.29 is 4.79 Å². The fourth-order valence-electron chi connectivity index (χ4n) is 2.57. The third-order valence-corrected chi connectivity index (χ3v) is 4.95. The average Bonchev–Trinajstić information content (AvgIpc) is 2.29. The Hall–Kier alpha value is -0.110. The van der Waals surface area contributed by atoms with E-state index in [-0.39, 0.29) is 0 Å². The van der Waals surface area contributed by atoms with E-state index < -0.39 is 0 Å². The van der Waals surface area contributed by atoms with E-state index in [1.807, 2.05) is 11.8 Å². The van der Waals surface area contributed by atoms with Crippen molar-refractivity contribution in [2.24, 2.45) is 5.92 Å². The quantitative estimate of drug-likeness (QED) is 0.676. The Kier molecular flexibility index (Phi) is 4.42. The zero-order valence-corrected chi connectivity index (χ0v) is 10.2. The highest BCUT2D eigenvalue weighted by Crippen LogP contribution is 2.34. The summed E-state index contributed by atoms with van der Waals surface area (Å²) in [7, 11) is 0. The summed E-state index contributed by atoms with van der Waals surface area (Å²) in [4.78, 5) is 11.6. The highest BCUT2D eigenvalue weighted by molar-refractivity contribution is 8.02. The lowest BCUT2D eigenvalue weighted by molar-refractivity contribution is -0.119. The van der Waals surface area contributed by atoms with Gasteiger partial charge in [0.25, 0.3) is 0 Å². The van der Waals surface area contributed by atoms with Crippen LogP contribution in [-0.2, 0) is 4.79 Å². The van der Waals surface area contributed by atoms with Gasteiger partial charge in [-0.05, 0) is 38.5 Å². The molecule has 0 N–H and O–H groups in total. The molecule has 0 amide bonds. The zero-order valence-electron chi connectivity index (χ0n) is 9.41. The van der Waals surface area contributed by atoms with E-state index in [1.54, 1.807) is 0 Å². The van der Waals surface area contributed by atoms with Gasteiger partial charge in [-0.1, -0.05) is 12.8 Å². The van der Waals surface area contributed by atoms with Crippen LogP contribution in [0, 0.1) is 11.7 Å². The summed E-state index contributed by atoms with van der Waals surface area (Å²) >= 11 is 1.84. The standard InChI is InChI=1S/C13H21OS/c14-12-8-4-5-9-13(12)15-10-11-6-2-1-3-7-11/h10-11,13H,1-9H2/q+1. The smallest absolute Gasteiger partial charge is 0.150 e. The number of carbonyl (C=O) groups excluding carboxylic acids is 1. The van der Waals surface area contributed by atoms with Crippen LogP contribution in [0.3, 0.4) is 0 Å². The van der Waals surface area contributed by atoms with Crippen LogP contribution in [0.2, 0.25) is 0 Å². The molecule has 0 aromatic carbocycles. The minimum atomic E-state index is 0.306. The summed E-state index contributed by atoms with van der Waals surface area (Å²) in [6.07, 6.45) is 11.2. The summed E-state index contributed by atoms with van der Waals surface area (Å²) in [5.41, 5.74) is 0. The highest BCUT2D eigenvalue weighted by Gasteiger charge is 2.30. The van der Waals surface area contributed by atoms with E-state index in [0.29, 0.717) is 11.0 Å². The third kappa shape index (κ3) is 3.44. The number of ketones is 1. The molecule has 0 bridgehead atoms. The van der Waals surface area contributed by atoms with Crippen LogP contribution >= 0.6 is 11.8 Å². The van der Waals surface area contributed by atoms with Gasteiger partial charge in [0.2, 0.25) is 0 Å². The molecule has 1 nitrogen and oxygen atoms in total. The topological polar surface area (TPSA) is 17.1 Å². The molecule has 2 heteroatoms. The van der Waals surface area contributed by atoms with Gasteiger partial charge in [-0.3, -0.25) is 4.79 Å². The second-order valence-corrected chi connectivity index (χ2v) is 5.98. The molecule has 2 aliphatic carbocycles. The Bertz CT molecular complexity index is 209. The van der Waals surface area contributed by atoms with Crippen molar-refractivity contribution >= 4 is 17.5 Å². The number of carbonyl (C=O) groups is 1. The number of thioether (sulfide) groups is 1. The zero-order chi connectivity index (χ0) is 10.5. The molecule has 0 aromatic heterocycles. The van der Waals surface area contributed by atoms with E-state index >= 15 is 0 Å². The Labute approximate surface area is 97.4 Å².